The molecule has 0 fully saturated rings. The number of aromatic nitrogens is 1. The third-order valence-electron chi connectivity index (χ3n) is 6.31. The van der Waals surface area contributed by atoms with Crippen molar-refractivity contribution >= 4 is 5.71 Å². The first-order chi connectivity index (χ1) is 18.0. The second-order valence-electron chi connectivity index (χ2n) is 9.03. The molecular formula is C32H28N2O3. The van der Waals surface area contributed by atoms with Gasteiger partial charge in [-0.3, -0.25) is 0 Å². The highest BCUT2D eigenvalue weighted by atomic mass is 16.7. The summed E-state index contributed by atoms with van der Waals surface area (Å²) in [6.45, 7) is 3.59. The Kier molecular flexibility index (Phi) is 6.97. The molecule has 0 saturated heterocycles. The molecule has 0 spiro atoms. The van der Waals surface area contributed by atoms with E-state index in [9.17, 15) is 5.11 Å². The summed E-state index contributed by atoms with van der Waals surface area (Å²) < 4.78 is 5.35. The second kappa shape index (κ2) is 10.6. The van der Waals surface area contributed by atoms with E-state index in [4.69, 9.17) is 9.36 Å². The Hall–Kier alpha value is -4.48. The van der Waals surface area contributed by atoms with Gasteiger partial charge in [0.15, 0.2) is 0 Å². The predicted octanol–water partition coefficient (Wildman–Crippen LogP) is 7.23. The van der Waals surface area contributed by atoms with Crippen LogP contribution in [0.15, 0.2) is 131 Å². The molecule has 0 bridgehead atoms. The standard InChI is InChI=1S/C16H15NO2.C16H13NO/c1-16(18)14(12-8-4-2-5-9-12)15(17-19-16)13-10-6-3-7-11-13;1-12-15(13-8-4-2-5-9-13)16(17-18-12)14-10-6-3-7-11-14/h2-11,14,18H,1H3;2-11H,1H3. The van der Waals surface area contributed by atoms with Crippen LogP contribution in [-0.4, -0.2) is 21.8 Å². The largest absolute Gasteiger partial charge is 0.360 e. The van der Waals surface area contributed by atoms with Crippen LogP contribution >= 0.6 is 0 Å². The van der Waals surface area contributed by atoms with Crippen LogP contribution in [0.5, 0.6) is 0 Å². The molecule has 1 N–H and O–H groups in total. The molecule has 0 aliphatic carbocycles. The summed E-state index contributed by atoms with van der Waals surface area (Å²) in [4.78, 5) is 5.22. The average Bonchev–Trinajstić information content (AvgIpc) is 3.49. The number of oxime groups is 1. The molecule has 1 aromatic heterocycles. The van der Waals surface area contributed by atoms with Crippen molar-refractivity contribution in [2.75, 3.05) is 0 Å². The van der Waals surface area contributed by atoms with Crippen molar-refractivity contribution in [2.45, 2.75) is 25.6 Å². The summed E-state index contributed by atoms with van der Waals surface area (Å²) in [5.41, 5.74) is 6.91. The zero-order chi connectivity index (χ0) is 25.7. The van der Waals surface area contributed by atoms with Gasteiger partial charge in [0.05, 0.1) is 11.5 Å². The molecule has 1 aliphatic rings. The van der Waals surface area contributed by atoms with E-state index in [-0.39, 0.29) is 5.92 Å². The lowest BCUT2D eigenvalue weighted by Crippen LogP contribution is -2.33. The SMILES string of the molecule is CC1(O)ON=C(c2ccccc2)C1c1ccccc1.Cc1onc(-c2ccccc2)c1-c1ccccc1. The molecule has 2 unspecified atom stereocenters. The maximum absolute atomic E-state index is 10.4. The zero-order valence-electron chi connectivity index (χ0n) is 20.8. The van der Waals surface area contributed by atoms with Crippen molar-refractivity contribution in [3.8, 4) is 22.4 Å². The normalized spacial score (nSPS) is 18.4. The van der Waals surface area contributed by atoms with Gasteiger partial charge >= 0.3 is 0 Å². The Morgan fingerprint density at radius 2 is 1.16 bits per heavy atom. The Balaban J connectivity index is 0.000000152. The number of aryl methyl sites for hydroxylation is 1. The summed E-state index contributed by atoms with van der Waals surface area (Å²) in [5, 5.41) is 18.7. The van der Waals surface area contributed by atoms with Crippen LogP contribution < -0.4 is 0 Å². The summed E-state index contributed by atoms with van der Waals surface area (Å²) in [6, 6.07) is 39.9. The fourth-order valence-corrected chi connectivity index (χ4v) is 4.55. The van der Waals surface area contributed by atoms with E-state index in [1.165, 1.54) is 0 Å². The van der Waals surface area contributed by atoms with E-state index in [2.05, 4.69) is 22.4 Å². The molecule has 5 nitrogen and oxygen atoms in total. The smallest absolute Gasteiger partial charge is 0.244 e. The predicted molar refractivity (Wildman–Crippen MR) is 146 cm³/mol. The second-order valence-corrected chi connectivity index (χ2v) is 9.03. The molecular weight excluding hydrogens is 460 g/mol. The maximum Gasteiger partial charge on any atom is 0.244 e. The number of hydrogen-bond acceptors (Lipinski definition) is 5. The van der Waals surface area contributed by atoms with Crippen LogP contribution in [0.3, 0.4) is 0 Å². The van der Waals surface area contributed by atoms with Crippen LogP contribution in [0.2, 0.25) is 0 Å². The number of aliphatic hydroxyl groups is 1. The Morgan fingerprint density at radius 1 is 0.676 bits per heavy atom. The number of nitrogens with zero attached hydrogens (tertiary/aromatic N) is 2. The summed E-state index contributed by atoms with van der Waals surface area (Å²) in [5.74, 6) is -0.747. The van der Waals surface area contributed by atoms with Gasteiger partial charge < -0.3 is 14.5 Å². The van der Waals surface area contributed by atoms with Crippen molar-refractivity contribution in [1.82, 2.24) is 5.16 Å². The summed E-state index contributed by atoms with van der Waals surface area (Å²) in [7, 11) is 0. The van der Waals surface area contributed by atoms with Gasteiger partial charge in [0.1, 0.15) is 17.2 Å². The topological polar surface area (TPSA) is 67.8 Å². The van der Waals surface area contributed by atoms with E-state index in [0.29, 0.717) is 0 Å². The molecule has 2 atom stereocenters. The Labute approximate surface area is 216 Å². The van der Waals surface area contributed by atoms with Gasteiger partial charge in [-0.15, -0.1) is 0 Å². The molecule has 6 rings (SSSR count). The van der Waals surface area contributed by atoms with Crippen molar-refractivity contribution in [3.05, 3.63) is 138 Å². The number of rotatable bonds is 4. The molecule has 0 amide bonds. The highest BCUT2D eigenvalue weighted by Crippen LogP contribution is 2.38. The molecule has 4 aromatic carbocycles. The third-order valence-corrected chi connectivity index (χ3v) is 6.31. The maximum atomic E-state index is 10.4. The lowest BCUT2D eigenvalue weighted by Gasteiger charge is -2.24. The van der Waals surface area contributed by atoms with Crippen molar-refractivity contribution in [3.63, 3.8) is 0 Å². The molecule has 1 aliphatic heterocycles. The van der Waals surface area contributed by atoms with Crippen molar-refractivity contribution < 1.29 is 14.5 Å². The highest BCUT2D eigenvalue weighted by Gasteiger charge is 2.45. The van der Waals surface area contributed by atoms with E-state index < -0.39 is 5.79 Å². The molecule has 37 heavy (non-hydrogen) atoms. The van der Waals surface area contributed by atoms with E-state index in [0.717, 1.165) is 45.0 Å². The number of benzene rings is 4. The fourth-order valence-electron chi connectivity index (χ4n) is 4.55. The van der Waals surface area contributed by atoms with Crippen LogP contribution in [0, 0.1) is 6.92 Å². The van der Waals surface area contributed by atoms with Crippen molar-refractivity contribution in [2.24, 2.45) is 5.16 Å². The van der Waals surface area contributed by atoms with Gasteiger partial charge in [0.25, 0.3) is 0 Å². The molecule has 2 heterocycles. The first-order valence-electron chi connectivity index (χ1n) is 12.2. The summed E-state index contributed by atoms with van der Waals surface area (Å²) >= 11 is 0. The van der Waals surface area contributed by atoms with Gasteiger partial charge in [-0.05, 0) is 18.1 Å². The van der Waals surface area contributed by atoms with E-state index in [1.54, 1.807) is 6.92 Å². The lowest BCUT2D eigenvalue weighted by molar-refractivity contribution is -0.179. The minimum absolute atomic E-state index is 0.281. The first-order valence-corrected chi connectivity index (χ1v) is 12.2. The van der Waals surface area contributed by atoms with Crippen LogP contribution in [0.25, 0.3) is 22.4 Å². The monoisotopic (exact) mass is 488 g/mol. The number of hydrogen-bond donors (Lipinski definition) is 1. The third kappa shape index (κ3) is 5.22. The molecule has 5 heteroatoms. The van der Waals surface area contributed by atoms with Crippen LogP contribution in [0.4, 0.5) is 0 Å². The molecule has 0 saturated carbocycles. The zero-order valence-corrected chi connectivity index (χ0v) is 20.8. The lowest BCUT2D eigenvalue weighted by atomic mass is 9.85. The van der Waals surface area contributed by atoms with Crippen LogP contribution in [-0.2, 0) is 4.84 Å². The van der Waals surface area contributed by atoms with Crippen molar-refractivity contribution in [1.29, 1.82) is 0 Å². The highest BCUT2D eigenvalue weighted by molar-refractivity contribution is 6.06. The van der Waals surface area contributed by atoms with Gasteiger partial charge in [-0.1, -0.05) is 132 Å². The van der Waals surface area contributed by atoms with E-state index in [1.807, 2.05) is 116 Å². The molecule has 5 aromatic rings. The molecule has 0 radical (unpaired) electrons. The minimum Gasteiger partial charge on any atom is -0.360 e. The Morgan fingerprint density at radius 3 is 1.73 bits per heavy atom. The first kappa shape index (κ1) is 24.2. The average molecular weight is 489 g/mol. The minimum atomic E-state index is -1.31. The quantitative estimate of drug-likeness (QED) is 0.290. The van der Waals surface area contributed by atoms with E-state index >= 15 is 0 Å². The van der Waals surface area contributed by atoms with Gasteiger partial charge in [-0.2, -0.15) is 0 Å². The van der Waals surface area contributed by atoms with Gasteiger partial charge in [0, 0.05) is 18.1 Å². The van der Waals surface area contributed by atoms with Gasteiger partial charge in [-0.25, -0.2) is 0 Å². The Bertz CT molecular complexity index is 1460. The van der Waals surface area contributed by atoms with Gasteiger partial charge in [0.2, 0.25) is 5.79 Å². The van der Waals surface area contributed by atoms with Crippen LogP contribution in [0.1, 0.15) is 29.7 Å². The molecule has 184 valence electrons. The fraction of sp³-hybridized carbons (Fsp3) is 0.125. The summed E-state index contributed by atoms with van der Waals surface area (Å²) in [6.07, 6.45) is 0.